The first kappa shape index (κ1) is 24.5. The number of amides is 1. The molecular formula is C19H15ClF4N4O4S. The van der Waals surface area contributed by atoms with Gasteiger partial charge >= 0.3 is 6.18 Å². The van der Waals surface area contributed by atoms with E-state index in [-0.39, 0.29) is 16.4 Å². The van der Waals surface area contributed by atoms with E-state index < -0.39 is 57.4 Å². The van der Waals surface area contributed by atoms with E-state index >= 15 is 0 Å². The van der Waals surface area contributed by atoms with Gasteiger partial charge in [0, 0.05) is 11.4 Å². The Morgan fingerprint density at radius 2 is 1.85 bits per heavy atom. The molecule has 0 saturated carbocycles. The standard InChI is InChI=1S/C19H15ClF4N4O4S/c20-11-1-4-13(5-2-11)33(30,31)28(16(17(25)29)7-8-19(22,23)24)12-3-6-14(15(21)9-12)18-26-10-32-27-18/h1-6,9-10,16H,7-8H2,(H2,25,29)/t16-/m1/s1. The molecule has 0 aliphatic rings. The number of carbonyl (C=O) groups excluding carboxylic acids is 1. The van der Waals surface area contributed by atoms with E-state index in [2.05, 4.69) is 14.7 Å². The van der Waals surface area contributed by atoms with Crippen molar-refractivity contribution >= 4 is 33.2 Å². The highest BCUT2D eigenvalue weighted by molar-refractivity contribution is 7.93. The topological polar surface area (TPSA) is 119 Å². The smallest absolute Gasteiger partial charge is 0.368 e. The minimum Gasteiger partial charge on any atom is -0.368 e. The van der Waals surface area contributed by atoms with Crippen LogP contribution in [-0.4, -0.2) is 36.7 Å². The number of carbonyl (C=O) groups is 1. The van der Waals surface area contributed by atoms with Crippen LogP contribution in [0.25, 0.3) is 11.4 Å². The van der Waals surface area contributed by atoms with Gasteiger partial charge in [-0.15, -0.1) is 0 Å². The van der Waals surface area contributed by atoms with Gasteiger partial charge in [-0.2, -0.15) is 18.2 Å². The fourth-order valence-corrected chi connectivity index (χ4v) is 4.76. The lowest BCUT2D eigenvalue weighted by molar-refractivity contribution is -0.137. The minimum absolute atomic E-state index is 0.144. The number of halogens is 5. The van der Waals surface area contributed by atoms with Gasteiger partial charge in [-0.25, -0.2) is 12.8 Å². The van der Waals surface area contributed by atoms with Crippen LogP contribution in [0, 0.1) is 5.82 Å². The summed E-state index contributed by atoms with van der Waals surface area (Å²) in [4.78, 5) is 15.4. The fraction of sp³-hybridized carbons (Fsp3) is 0.211. The number of primary amides is 1. The van der Waals surface area contributed by atoms with E-state index in [0.29, 0.717) is 4.31 Å². The average molecular weight is 507 g/mol. The SMILES string of the molecule is NC(=O)[C@@H](CCC(F)(F)F)N(c1ccc(-c2ncon2)c(F)c1)S(=O)(=O)c1ccc(Cl)cc1. The zero-order valence-corrected chi connectivity index (χ0v) is 18.0. The van der Waals surface area contributed by atoms with E-state index in [4.69, 9.17) is 17.3 Å². The number of rotatable bonds is 8. The Labute approximate surface area is 190 Å². The van der Waals surface area contributed by atoms with Gasteiger partial charge in [-0.1, -0.05) is 16.8 Å². The second-order valence-electron chi connectivity index (χ2n) is 6.75. The highest BCUT2D eigenvalue weighted by atomic mass is 35.5. The third kappa shape index (κ3) is 5.60. The van der Waals surface area contributed by atoms with Gasteiger partial charge in [0.05, 0.1) is 16.1 Å². The van der Waals surface area contributed by atoms with Crippen LogP contribution >= 0.6 is 11.6 Å². The Kier molecular flexibility index (Phi) is 6.93. The number of benzene rings is 2. The maximum Gasteiger partial charge on any atom is 0.389 e. The van der Waals surface area contributed by atoms with E-state index in [0.717, 1.165) is 36.7 Å². The van der Waals surface area contributed by atoms with Gasteiger partial charge in [-0.3, -0.25) is 9.10 Å². The number of nitrogens with two attached hydrogens (primary N) is 1. The van der Waals surface area contributed by atoms with Crippen LogP contribution in [0.4, 0.5) is 23.2 Å². The number of aromatic nitrogens is 2. The molecule has 1 aromatic heterocycles. The molecule has 176 valence electrons. The molecule has 0 aliphatic heterocycles. The van der Waals surface area contributed by atoms with Gasteiger partial charge in [0.2, 0.25) is 18.1 Å². The lowest BCUT2D eigenvalue weighted by Crippen LogP contribution is -2.48. The Morgan fingerprint density at radius 3 is 2.36 bits per heavy atom. The minimum atomic E-state index is -4.70. The monoisotopic (exact) mass is 506 g/mol. The zero-order valence-electron chi connectivity index (χ0n) is 16.5. The average Bonchev–Trinajstić information content (AvgIpc) is 3.24. The summed E-state index contributed by atoms with van der Waals surface area (Å²) in [5.41, 5.74) is 4.69. The van der Waals surface area contributed by atoms with Crippen molar-refractivity contribution in [2.24, 2.45) is 5.73 Å². The first-order valence-electron chi connectivity index (χ1n) is 9.12. The van der Waals surface area contributed by atoms with Crippen LogP contribution in [-0.2, 0) is 14.8 Å². The predicted molar refractivity (Wildman–Crippen MR) is 109 cm³/mol. The second-order valence-corrected chi connectivity index (χ2v) is 9.00. The van der Waals surface area contributed by atoms with Crippen molar-refractivity contribution in [3.63, 3.8) is 0 Å². The largest absolute Gasteiger partial charge is 0.389 e. The van der Waals surface area contributed by atoms with Crippen molar-refractivity contribution in [3.8, 4) is 11.4 Å². The summed E-state index contributed by atoms with van der Waals surface area (Å²) in [7, 11) is -4.68. The second kappa shape index (κ2) is 9.35. The van der Waals surface area contributed by atoms with Crippen molar-refractivity contribution in [2.75, 3.05) is 4.31 Å². The van der Waals surface area contributed by atoms with Gasteiger partial charge in [0.25, 0.3) is 10.0 Å². The number of sulfonamides is 1. The van der Waals surface area contributed by atoms with Gasteiger partial charge in [0.15, 0.2) is 0 Å². The summed E-state index contributed by atoms with van der Waals surface area (Å²) in [5.74, 6) is -2.50. The summed E-state index contributed by atoms with van der Waals surface area (Å²) in [6.45, 7) is 0. The first-order chi connectivity index (χ1) is 15.4. The number of hydrogen-bond acceptors (Lipinski definition) is 6. The maximum atomic E-state index is 14.8. The zero-order chi connectivity index (χ0) is 24.4. The third-order valence-corrected chi connectivity index (χ3v) is 6.60. The van der Waals surface area contributed by atoms with Crippen molar-refractivity contribution < 1.29 is 35.3 Å². The molecule has 3 rings (SSSR count). The van der Waals surface area contributed by atoms with E-state index in [1.807, 2.05) is 0 Å². The predicted octanol–water partition coefficient (Wildman–Crippen LogP) is 3.92. The van der Waals surface area contributed by atoms with Crippen LogP contribution in [0.2, 0.25) is 5.02 Å². The molecule has 0 bridgehead atoms. The Hall–Kier alpha value is -3.19. The normalized spacial score (nSPS) is 13.0. The lowest BCUT2D eigenvalue weighted by atomic mass is 10.1. The van der Waals surface area contributed by atoms with E-state index in [1.165, 1.54) is 12.1 Å². The van der Waals surface area contributed by atoms with Gasteiger partial charge in [0.1, 0.15) is 11.9 Å². The molecule has 0 radical (unpaired) electrons. The van der Waals surface area contributed by atoms with Crippen molar-refractivity contribution in [2.45, 2.75) is 30.0 Å². The maximum absolute atomic E-state index is 14.8. The van der Waals surface area contributed by atoms with Crippen molar-refractivity contribution in [1.29, 1.82) is 0 Å². The van der Waals surface area contributed by atoms with Crippen molar-refractivity contribution in [3.05, 3.63) is 59.7 Å². The van der Waals surface area contributed by atoms with Crippen LogP contribution in [0.1, 0.15) is 12.8 Å². The Bertz CT molecular complexity index is 1240. The molecule has 0 fully saturated rings. The lowest BCUT2D eigenvalue weighted by Gasteiger charge is -2.31. The number of hydrogen-bond donors (Lipinski definition) is 1. The van der Waals surface area contributed by atoms with Crippen LogP contribution in [0.5, 0.6) is 0 Å². The summed E-state index contributed by atoms with van der Waals surface area (Å²) in [5, 5.41) is 3.67. The quantitative estimate of drug-likeness (QED) is 0.462. The molecule has 3 aromatic rings. The highest BCUT2D eigenvalue weighted by Crippen LogP contribution is 2.33. The molecule has 0 saturated heterocycles. The number of alkyl halides is 3. The molecule has 2 N–H and O–H groups in total. The molecule has 14 heteroatoms. The van der Waals surface area contributed by atoms with Crippen LogP contribution in [0.3, 0.4) is 0 Å². The molecule has 0 aliphatic carbocycles. The van der Waals surface area contributed by atoms with Crippen LogP contribution in [0.15, 0.2) is 58.3 Å². The van der Waals surface area contributed by atoms with Gasteiger partial charge in [-0.05, 0) is 48.9 Å². The molecular weight excluding hydrogens is 492 g/mol. The van der Waals surface area contributed by atoms with E-state index in [1.54, 1.807) is 0 Å². The summed E-state index contributed by atoms with van der Waals surface area (Å²) < 4.78 is 85.1. The molecule has 8 nitrogen and oxygen atoms in total. The molecule has 0 spiro atoms. The Morgan fingerprint density at radius 1 is 1.18 bits per heavy atom. The molecule has 1 amide bonds. The molecule has 0 unspecified atom stereocenters. The first-order valence-corrected chi connectivity index (χ1v) is 10.9. The van der Waals surface area contributed by atoms with Crippen LogP contribution < -0.4 is 10.0 Å². The Balaban J connectivity index is 2.15. The molecule has 2 aromatic carbocycles. The highest BCUT2D eigenvalue weighted by Gasteiger charge is 2.38. The summed E-state index contributed by atoms with van der Waals surface area (Å²) >= 11 is 5.78. The fourth-order valence-electron chi connectivity index (χ4n) is 2.99. The molecule has 1 atom stereocenters. The third-order valence-electron chi connectivity index (χ3n) is 4.49. The van der Waals surface area contributed by atoms with Gasteiger partial charge < -0.3 is 10.3 Å². The summed E-state index contributed by atoms with van der Waals surface area (Å²) in [6.07, 6.45) is -6.24. The molecule has 1 heterocycles. The summed E-state index contributed by atoms with van der Waals surface area (Å²) in [6, 6.07) is 5.61. The molecule has 33 heavy (non-hydrogen) atoms. The van der Waals surface area contributed by atoms with Crippen molar-refractivity contribution in [1.82, 2.24) is 10.1 Å². The number of nitrogens with zero attached hydrogens (tertiary/aromatic N) is 3. The van der Waals surface area contributed by atoms with E-state index in [9.17, 15) is 30.8 Å². The number of anilines is 1.